The van der Waals surface area contributed by atoms with E-state index in [1.54, 1.807) is 0 Å². The van der Waals surface area contributed by atoms with E-state index in [-0.39, 0.29) is 18.2 Å². The van der Waals surface area contributed by atoms with Crippen molar-refractivity contribution in [2.75, 3.05) is 0 Å². The van der Waals surface area contributed by atoms with Crippen molar-refractivity contribution in [2.45, 2.75) is 37.5 Å². The molecule has 0 radical (unpaired) electrons. The van der Waals surface area contributed by atoms with Crippen molar-refractivity contribution in [1.82, 2.24) is 4.72 Å². The summed E-state index contributed by atoms with van der Waals surface area (Å²) in [6.07, 6.45) is 1.93. The third-order valence-corrected chi connectivity index (χ3v) is 5.05. The summed E-state index contributed by atoms with van der Waals surface area (Å²) in [5.41, 5.74) is 1.72. The first-order chi connectivity index (χ1) is 8.99. The van der Waals surface area contributed by atoms with Gasteiger partial charge in [-0.3, -0.25) is 4.79 Å². The molecule has 0 bridgehead atoms. The van der Waals surface area contributed by atoms with Crippen LogP contribution in [-0.4, -0.2) is 24.7 Å². The summed E-state index contributed by atoms with van der Waals surface area (Å²) in [5.74, 6) is -0.853. The fourth-order valence-electron chi connectivity index (χ4n) is 1.89. The largest absolute Gasteiger partial charge is 0.481 e. The molecular formula is C13H17NO4S. The minimum absolute atomic E-state index is 0.0480. The summed E-state index contributed by atoms with van der Waals surface area (Å²) in [6, 6.07) is 7.32. The van der Waals surface area contributed by atoms with Crippen LogP contribution in [0.5, 0.6) is 0 Å². The van der Waals surface area contributed by atoms with Crippen LogP contribution in [0.3, 0.4) is 0 Å². The van der Waals surface area contributed by atoms with Gasteiger partial charge in [-0.2, -0.15) is 0 Å². The zero-order valence-corrected chi connectivity index (χ0v) is 11.3. The first-order valence-corrected chi connectivity index (χ1v) is 7.81. The Balaban J connectivity index is 2.01. The fraction of sp³-hybridized carbons (Fsp3) is 0.462. The Labute approximate surface area is 112 Å². The Kier molecular flexibility index (Phi) is 4.21. The highest BCUT2D eigenvalue weighted by molar-refractivity contribution is 7.90. The molecule has 1 aliphatic carbocycles. The molecule has 1 aliphatic rings. The van der Waals surface area contributed by atoms with Gasteiger partial charge in [0, 0.05) is 13.0 Å². The number of carbonyl (C=O) groups is 1. The molecule has 0 unspecified atom stereocenters. The van der Waals surface area contributed by atoms with Crippen LogP contribution in [-0.2, 0) is 27.8 Å². The SMILES string of the molecule is O=C(O)CCc1ccccc1CNS(=O)(=O)C1CC1. The van der Waals surface area contributed by atoms with E-state index in [2.05, 4.69) is 4.72 Å². The van der Waals surface area contributed by atoms with Gasteiger partial charge in [0.1, 0.15) is 0 Å². The lowest BCUT2D eigenvalue weighted by atomic mass is 10.0. The second-order valence-electron chi connectivity index (χ2n) is 4.73. The van der Waals surface area contributed by atoms with Gasteiger partial charge in [-0.1, -0.05) is 24.3 Å². The van der Waals surface area contributed by atoms with Crippen LogP contribution in [0, 0.1) is 0 Å². The number of aliphatic carboxylic acids is 1. The number of aryl methyl sites for hydroxylation is 1. The summed E-state index contributed by atoms with van der Waals surface area (Å²) < 4.78 is 26.1. The molecule has 6 heteroatoms. The molecule has 0 amide bonds. The Morgan fingerprint density at radius 3 is 2.47 bits per heavy atom. The molecule has 1 aromatic carbocycles. The molecule has 19 heavy (non-hydrogen) atoms. The number of hydrogen-bond acceptors (Lipinski definition) is 3. The van der Waals surface area contributed by atoms with Crippen LogP contribution in [0.2, 0.25) is 0 Å². The monoisotopic (exact) mass is 283 g/mol. The van der Waals surface area contributed by atoms with Crippen LogP contribution < -0.4 is 4.72 Å². The zero-order chi connectivity index (χ0) is 13.9. The van der Waals surface area contributed by atoms with E-state index in [0.29, 0.717) is 6.42 Å². The number of benzene rings is 1. The van der Waals surface area contributed by atoms with E-state index < -0.39 is 16.0 Å². The molecule has 2 rings (SSSR count). The van der Waals surface area contributed by atoms with E-state index in [1.165, 1.54) is 0 Å². The summed E-state index contributed by atoms with van der Waals surface area (Å²) in [6.45, 7) is 0.231. The molecule has 1 saturated carbocycles. The molecule has 104 valence electrons. The second-order valence-corrected chi connectivity index (χ2v) is 6.77. The van der Waals surface area contributed by atoms with Crippen LogP contribution in [0.25, 0.3) is 0 Å². The predicted molar refractivity (Wildman–Crippen MR) is 71.2 cm³/mol. The van der Waals surface area contributed by atoms with Crippen molar-refractivity contribution in [2.24, 2.45) is 0 Å². The lowest BCUT2D eigenvalue weighted by Crippen LogP contribution is -2.27. The zero-order valence-electron chi connectivity index (χ0n) is 10.5. The first-order valence-electron chi connectivity index (χ1n) is 6.26. The van der Waals surface area contributed by atoms with Crippen LogP contribution in [0.1, 0.15) is 30.4 Å². The third-order valence-electron chi connectivity index (χ3n) is 3.15. The molecule has 0 aromatic heterocycles. The number of carboxylic acids is 1. The second kappa shape index (κ2) is 5.71. The Morgan fingerprint density at radius 2 is 1.89 bits per heavy atom. The van der Waals surface area contributed by atoms with E-state index in [1.807, 2.05) is 24.3 Å². The molecule has 5 nitrogen and oxygen atoms in total. The first kappa shape index (κ1) is 14.0. The average molecular weight is 283 g/mol. The number of rotatable bonds is 7. The highest BCUT2D eigenvalue weighted by Gasteiger charge is 2.35. The van der Waals surface area contributed by atoms with Gasteiger partial charge in [0.05, 0.1) is 5.25 Å². The standard InChI is InChI=1S/C13H17NO4S/c15-13(16)8-5-10-3-1-2-4-11(10)9-14-19(17,18)12-6-7-12/h1-4,12,14H,5-9H2,(H,15,16). The van der Waals surface area contributed by atoms with Crippen molar-refractivity contribution >= 4 is 16.0 Å². The van der Waals surface area contributed by atoms with Crippen molar-refractivity contribution in [3.05, 3.63) is 35.4 Å². The number of nitrogens with one attached hydrogen (secondary N) is 1. The third kappa shape index (κ3) is 4.04. The maximum Gasteiger partial charge on any atom is 0.303 e. The highest BCUT2D eigenvalue weighted by atomic mass is 32.2. The molecule has 1 fully saturated rings. The van der Waals surface area contributed by atoms with Gasteiger partial charge in [0.2, 0.25) is 10.0 Å². The van der Waals surface area contributed by atoms with Gasteiger partial charge in [-0.05, 0) is 30.4 Å². The summed E-state index contributed by atoms with van der Waals surface area (Å²) >= 11 is 0. The fourth-order valence-corrected chi connectivity index (χ4v) is 3.24. The maximum absolute atomic E-state index is 11.7. The van der Waals surface area contributed by atoms with Gasteiger partial charge in [0.25, 0.3) is 0 Å². The minimum Gasteiger partial charge on any atom is -0.481 e. The van der Waals surface area contributed by atoms with Gasteiger partial charge in [-0.25, -0.2) is 13.1 Å². The number of sulfonamides is 1. The van der Waals surface area contributed by atoms with E-state index >= 15 is 0 Å². The van der Waals surface area contributed by atoms with Gasteiger partial charge in [0.15, 0.2) is 0 Å². The Bertz CT molecular complexity index is 564. The van der Waals surface area contributed by atoms with Gasteiger partial charge < -0.3 is 5.11 Å². The quantitative estimate of drug-likeness (QED) is 0.789. The van der Waals surface area contributed by atoms with Crippen molar-refractivity contribution in [3.63, 3.8) is 0 Å². The van der Waals surface area contributed by atoms with Crippen molar-refractivity contribution < 1.29 is 18.3 Å². The maximum atomic E-state index is 11.7. The van der Waals surface area contributed by atoms with Crippen molar-refractivity contribution in [1.29, 1.82) is 0 Å². The molecule has 0 atom stereocenters. The predicted octanol–water partition coefficient (Wildman–Crippen LogP) is 1.29. The molecular weight excluding hydrogens is 266 g/mol. The average Bonchev–Trinajstić information content (AvgIpc) is 3.19. The topological polar surface area (TPSA) is 83.5 Å². The lowest BCUT2D eigenvalue weighted by Gasteiger charge is -2.10. The summed E-state index contributed by atoms with van der Waals surface area (Å²) in [7, 11) is -3.20. The molecule has 0 saturated heterocycles. The molecule has 1 aromatic rings. The normalized spacial score (nSPS) is 15.4. The molecule has 2 N–H and O–H groups in total. The molecule has 0 heterocycles. The van der Waals surface area contributed by atoms with Crippen molar-refractivity contribution in [3.8, 4) is 0 Å². The van der Waals surface area contributed by atoms with Crippen LogP contribution in [0.4, 0.5) is 0 Å². The van der Waals surface area contributed by atoms with E-state index in [0.717, 1.165) is 24.0 Å². The lowest BCUT2D eigenvalue weighted by molar-refractivity contribution is -0.136. The van der Waals surface area contributed by atoms with E-state index in [4.69, 9.17) is 5.11 Å². The molecule has 0 aliphatic heterocycles. The van der Waals surface area contributed by atoms with Crippen LogP contribution >= 0.6 is 0 Å². The minimum atomic E-state index is -3.20. The smallest absolute Gasteiger partial charge is 0.303 e. The van der Waals surface area contributed by atoms with E-state index in [9.17, 15) is 13.2 Å². The number of carboxylic acid groups (broad SMARTS) is 1. The number of hydrogen-bond donors (Lipinski definition) is 2. The summed E-state index contributed by atoms with van der Waals surface area (Å²) in [5, 5.41) is 8.46. The molecule has 0 spiro atoms. The Morgan fingerprint density at radius 1 is 1.26 bits per heavy atom. The highest BCUT2D eigenvalue weighted by Crippen LogP contribution is 2.27. The van der Waals surface area contributed by atoms with Gasteiger partial charge >= 0.3 is 5.97 Å². The Hall–Kier alpha value is -1.40. The summed E-state index contributed by atoms with van der Waals surface area (Å²) in [4.78, 5) is 10.6. The van der Waals surface area contributed by atoms with Gasteiger partial charge in [-0.15, -0.1) is 0 Å². The van der Waals surface area contributed by atoms with Crippen LogP contribution in [0.15, 0.2) is 24.3 Å².